The number of aliphatic hydroxyl groups excluding tert-OH is 1. The normalized spacial score (nSPS) is 17.6. The van der Waals surface area contributed by atoms with Gasteiger partial charge in [0.05, 0.1) is 18.7 Å². The highest BCUT2D eigenvalue weighted by molar-refractivity contribution is 6.46. The molecule has 1 saturated heterocycles. The van der Waals surface area contributed by atoms with Crippen LogP contribution < -0.4 is 4.74 Å². The fraction of sp³-hybridized carbons (Fsp3) is 0.154. The van der Waals surface area contributed by atoms with Crippen molar-refractivity contribution in [2.45, 2.75) is 12.5 Å². The van der Waals surface area contributed by atoms with E-state index in [0.29, 0.717) is 34.9 Å². The molecule has 6 heteroatoms. The second-order valence-electron chi connectivity index (χ2n) is 7.52. The molecule has 0 bridgehead atoms. The summed E-state index contributed by atoms with van der Waals surface area (Å²) in [5, 5.41) is 11.6. The van der Waals surface area contributed by atoms with Crippen molar-refractivity contribution in [3.05, 3.63) is 106 Å². The molecule has 3 aromatic rings. The molecular weight excluding hydrogens is 426 g/mol. The summed E-state index contributed by atoms with van der Waals surface area (Å²) in [5.41, 5.74) is 2.15. The number of benzene rings is 3. The number of amides is 1. The van der Waals surface area contributed by atoms with Crippen molar-refractivity contribution in [3.63, 3.8) is 0 Å². The Morgan fingerprint density at radius 3 is 2.47 bits per heavy atom. The summed E-state index contributed by atoms with van der Waals surface area (Å²) in [6, 6.07) is 22.7. The molecular formula is C26H22ClNO4. The van der Waals surface area contributed by atoms with Crippen LogP contribution in [0.3, 0.4) is 0 Å². The molecule has 1 unspecified atom stereocenters. The predicted octanol–water partition coefficient (Wildman–Crippen LogP) is 5.01. The molecule has 1 aliphatic heterocycles. The average Bonchev–Trinajstić information content (AvgIpc) is 3.08. The molecule has 1 amide bonds. The Kier molecular flexibility index (Phi) is 6.28. The largest absolute Gasteiger partial charge is 0.507 e. The van der Waals surface area contributed by atoms with Gasteiger partial charge in [-0.2, -0.15) is 0 Å². The minimum Gasteiger partial charge on any atom is -0.507 e. The first-order valence-corrected chi connectivity index (χ1v) is 10.6. The molecule has 0 saturated carbocycles. The summed E-state index contributed by atoms with van der Waals surface area (Å²) >= 11 is 6.22. The Hall–Kier alpha value is -3.57. The minimum absolute atomic E-state index is 0.0404. The van der Waals surface area contributed by atoms with Crippen LogP contribution in [0.4, 0.5) is 0 Å². The monoisotopic (exact) mass is 447 g/mol. The summed E-state index contributed by atoms with van der Waals surface area (Å²) < 4.78 is 5.24. The molecule has 1 aliphatic rings. The molecule has 1 heterocycles. The number of carbonyl (C=O) groups is 2. The fourth-order valence-electron chi connectivity index (χ4n) is 3.95. The Morgan fingerprint density at radius 2 is 1.75 bits per heavy atom. The van der Waals surface area contributed by atoms with E-state index in [0.717, 1.165) is 5.56 Å². The zero-order valence-corrected chi connectivity index (χ0v) is 18.3. The molecule has 162 valence electrons. The maximum absolute atomic E-state index is 13.1. The number of Topliss-reactive ketones (excluding diaryl/α,β-unsaturated/α-hetero) is 1. The Labute approximate surface area is 191 Å². The molecule has 0 aromatic heterocycles. The summed E-state index contributed by atoms with van der Waals surface area (Å²) in [4.78, 5) is 27.6. The Balaban J connectivity index is 1.80. The highest BCUT2D eigenvalue weighted by Gasteiger charge is 2.45. The van der Waals surface area contributed by atoms with Crippen LogP contribution >= 0.6 is 11.6 Å². The van der Waals surface area contributed by atoms with Crippen molar-refractivity contribution in [2.24, 2.45) is 0 Å². The Morgan fingerprint density at radius 1 is 1.00 bits per heavy atom. The maximum Gasteiger partial charge on any atom is 0.295 e. The number of ether oxygens (including phenoxy) is 1. The highest BCUT2D eigenvalue weighted by atomic mass is 35.5. The van der Waals surface area contributed by atoms with Gasteiger partial charge >= 0.3 is 0 Å². The van der Waals surface area contributed by atoms with Gasteiger partial charge in [-0.05, 0) is 41.8 Å². The van der Waals surface area contributed by atoms with Crippen molar-refractivity contribution in [3.8, 4) is 5.75 Å². The molecule has 1 N–H and O–H groups in total. The first kappa shape index (κ1) is 21.7. The van der Waals surface area contributed by atoms with E-state index in [2.05, 4.69) is 0 Å². The van der Waals surface area contributed by atoms with Gasteiger partial charge in [0.15, 0.2) is 0 Å². The first-order chi connectivity index (χ1) is 15.5. The van der Waals surface area contributed by atoms with Crippen LogP contribution in [0.25, 0.3) is 5.76 Å². The lowest BCUT2D eigenvalue weighted by molar-refractivity contribution is -0.139. The van der Waals surface area contributed by atoms with Crippen LogP contribution in [-0.2, 0) is 16.0 Å². The van der Waals surface area contributed by atoms with E-state index in [1.165, 1.54) is 12.0 Å². The smallest absolute Gasteiger partial charge is 0.295 e. The molecule has 4 rings (SSSR count). The topological polar surface area (TPSA) is 66.8 Å². The quantitative estimate of drug-likeness (QED) is 0.327. The van der Waals surface area contributed by atoms with Gasteiger partial charge < -0.3 is 14.7 Å². The zero-order chi connectivity index (χ0) is 22.7. The predicted molar refractivity (Wildman–Crippen MR) is 124 cm³/mol. The number of rotatable bonds is 6. The average molecular weight is 448 g/mol. The van der Waals surface area contributed by atoms with E-state index in [1.807, 2.05) is 30.3 Å². The Bertz CT molecular complexity index is 1190. The van der Waals surface area contributed by atoms with Crippen molar-refractivity contribution < 1.29 is 19.4 Å². The number of likely N-dealkylation sites (tertiary alicyclic amines) is 1. The van der Waals surface area contributed by atoms with Crippen molar-refractivity contribution in [1.82, 2.24) is 4.90 Å². The second-order valence-corrected chi connectivity index (χ2v) is 7.95. The van der Waals surface area contributed by atoms with Gasteiger partial charge in [0.1, 0.15) is 11.5 Å². The van der Waals surface area contributed by atoms with Crippen LogP contribution in [0.15, 0.2) is 84.4 Å². The van der Waals surface area contributed by atoms with Gasteiger partial charge in [0.25, 0.3) is 11.7 Å². The third kappa shape index (κ3) is 4.25. The third-order valence-electron chi connectivity index (χ3n) is 5.53. The van der Waals surface area contributed by atoms with Crippen LogP contribution in [0.5, 0.6) is 5.75 Å². The molecule has 0 aliphatic carbocycles. The molecule has 0 radical (unpaired) electrons. The highest BCUT2D eigenvalue weighted by Crippen LogP contribution is 2.40. The van der Waals surface area contributed by atoms with Crippen LogP contribution in [0, 0.1) is 0 Å². The van der Waals surface area contributed by atoms with Gasteiger partial charge in [-0.3, -0.25) is 9.59 Å². The number of hydrogen-bond donors (Lipinski definition) is 1. The van der Waals surface area contributed by atoms with Gasteiger partial charge in [-0.25, -0.2) is 0 Å². The van der Waals surface area contributed by atoms with Crippen LogP contribution in [0.2, 0.25) is 5.02 Å². The number of ketones is 1. The molecule has 1 fully saturated rings. The minimum atomic E-state index is -0.747. The van der Waals surface area contributed by atoms with E-state index < -0.39 is 17.7 Å². The van der Waals surface area contributed by atoms with Crippen molar-refractivity contribution in [2.75, 3.05) is 13.7 Å². The number of aliphatic hydroxyl groups is 1. The van der Waals surface area contributed by atoms with E-state index >= 15 is 0 Å². The molecule has 32 heavy (non-hydrogen) atoms. The number of halogens is 1. The molecule has 5 nitrogen and oxygen atoms in total. The summed E-state index contributed by atoms with van der Waals surface area (Å²) in [6.45, 7) is 0.320. The third-order valence-corrected chi connectivity index (χ3v) is 5.77. The summed E-state index contributed by atoms with van der Waals surface area (Å²) in [6.07, 6.45) is 0.574. The van der Waals surface area contributed by atoms with Crippen LogP contribution in [-0.4, -0.2) is 35.4 Å². The lowest BCUT2D eigenvalue weighted by atomic mass is 9.95. The van der Waals surface area contributed by atoms with Gasteiger partial charge in [0.2, 0.25) is 0 Å². The standard InChI is InChI=1S/C26H22ClNO4/c1-32-21-12-6-10-19(16-21)24(29)22-23(18-9-5-11-20(27)15-18)28(26(31)25(22)30)14-13-17-7-3-2-4-8-17/h2-12,15-16,23,29H,13-14H2,1H3. The summed E-state index contributed by atoms with van der Waals surface area (Å²) in [7, 11) is 1.52. The lowest BCUT2D eigenvalue weighted by Gasteiger charge is -2.25. The number of carbonyl (C=O) groups excluding carboxylic acids is 2. The van der Waals surface area contributed by atoms with Crippen molar-refractivity contribution >= 4 is 29.1 Å². The van der Waals surface area contributed by atoms with Crippen LogP contribution in [0.1, 0.15) is 22.7 Å². The first-order valence-electron chi connectivity index (χ1n) is 10.2. The number of methoxy groups -OCH3 is 1. The second kappa shape index (κ2) is 9.28. The van der Waals surface area contributed by atoms with Crippen molar-refractivity contribution in [1.29, 1.82) is 0 Å². The van der Waals surface area contributed by atoms with Gasteiger partial charge in [0, 0.05) is 17.1 Å². The fourth-order valence-corrected chi connectivity index (χ4v) is 4.15. The molecule has 0 spiro atoms. The zero-order valence-electron chi connectivity index (χ0n) is 17.5. The number of hydrogen-bond acceptors (Lipinski definition) is 4. The van der Waals surface area contributed by atoms with E-state index in [1.54, 1.807) is 48.5 Å². The number of nitrogens with zero attached hydrogens (tertiary/aromatic N) is 1. The maximum atomic E-state index is 13.1. The van der Waals surface area contributed by atoms with Gasteiger partial charge in [-0.15, -0.1) is 0 Å². The van der Waals surface area contributed by atoms with E-state index in [-0.39, 0.29) is 11.3 Å². The molecule has 1 atom stereocenters. The lowest BCUT2D eigenvalue weighted by Crippen LogP contribution is -2.31. The summed E-state index contributed by atoms with van der Waals surface area (Å²) in [5.74, 6) is -1.07. The van der Waals surface area contributed by atoms with E-state index in [9.17, 15) is 14.7 Å². The van der Waals surface area contributed by atoms with E-state index in [4.69, 9.17) is 16.3 Å². The van der Waals surface area contributed by atoms with Gasteiger partial charge in [-0.1, -0.05) is 66.2 Å². The SMILES string of the molecule is COc1cccc(C(O)=C2C(=O)C(=O)N(CCc3ccccc3)C2c2cccc(Cl)c2)c1. The molecule has 3 aromatic carbocycles.